The van der Waals surface area contributed by atoms with Crippen molar-refractivity contribution in [2.75, 3.05) is 11.9 Å². The van der Waals surface area contributed by atoms with E-state index >= 15 is 0 Å². The van der Waals surface area contributed by atoms with Crippen molar-refractivity contribution in [3.05, 3.63) is 58.6 Å². The minimum absolute atomic E-state index is 0.0906. The van der Waals surface area contributed by atoms with Crippen LogP contribution in [0.25, 0.3) is 0 Å². The Morgan fingerprint density at radius 1 is 1.20 bits per heavy atom. The first-order valence-corrected chi connectivity index (χ1v) is 6.48. The van der Waals surface area contributed by atoms with Gasteiger partial charge in [0, 0.05) is 6.07 Å². The number of para-hydroxylation sites is 1. The van der Waals surface area contributed by atoms with E-state index in [0.717, 1.165) is 12.1 Å². The summed E-state index contributed by atoms with van der Waals surface area (Å²) in [6.07, 6.45) is 0. The molecule has 104 valence electrons. The second kappa shape index (κ2) is 6.47. The summed E-state index contributed by atoms with van der Waals surface area (Å²) in [6.45, 7) is -0.278. The molecule has 20 heavy (non-hydrogen) atoms. The Hall–Kier alpha value is -1.95. The predicted octanol–water partition coefficient (Wildman–Crippen LogP) is 3.74. The van der Waals surface area contributed by atoms with Crippen LogP contribution in [0.15, 0.2) is 46.9 Å². The van der Waals surface area contributed by atoms with Gasteiger partial charge in [0.1, 0.15) is 17.4 Å². The van der Waals surface area contributed by atoms with Gasteiger partial charge in [-0.3, -0.25) is 4.79 Å². The second-order valence-electron chi connectivity index (χ2n) is 3.89. The summed E-state index contributed by atoms with van der Waals surface area (Å²) in [5.74, 6) is -1.57. The van der Waals surface area contributed by atoms with Crippen LogP contribution in [0.4, 0.5) is 14.5 Å². The van der Waals surface area contributed by atoms with Gasteiger partial charge >= 0.3 is 0 Å². The van der Waals surface area contributed by atoms with Gasteiger partial charge in [0.05, 0.1) is 10.2 Å². The van der Waals surface area contributed by atoms with Crippen LogP contribution in [0, 0.1) is 11.6 Å². The van der Waals surface area contributed by atoms with E-state index in [1.54, 1.807) is 18.2 Å². The lowest BCUT2D eigenvalue weighted by atomic mass is 10.3. The Bertz CT molecular complexity index is 634. The number of rotatable bonds is 4. The van der Waals surface area contributed by atoms with E-state index in [9.17, 15) is 13.6 Å². The van der Waals surface area contributed by atoms with Gasteiger partial charge in [-0.25, -0.2) is 8.78 Å². The molecular weight excluding hydrogens is 332 g/mol. The van der Waals surface area contributed by atoms with Gasteiger partial charge in [0.25, 0.3) is 5.91 Å². The molecule has 0 saturated heterocycles. The molecule has 3 nitrogen and oxygen atoms in total. The fraction of sp³-hybridized carbons (Fsp3) is 0.0714. The normalized spacial score (nSPS) is 10.2. The standard InChI is InChI=1S/C14H10BrF2NO2/c15-10-3-1-2-4-13(10)20-8-14(19)18-12-6-5-9(16)7-11(12)17/h1-7H,8H2,(H,18,19). The first-order chi connectivity index (χ1) is 9.56. The Kier molecular flexibility index (Phi) is 4.68. The molecular formula is C14H10BrF2NO2. The highest BCUT2D eigenvalue weighted by Gasteiger charge is 2.09. The molecule has 0 bridgehead atoms. The van der Waals surface area contributed by atoms with E-state index in [-0.39, 0.29) is 12.3 Å². The van der Waals surface area contributed by atoms with Crippen molar-refractivity contribution in [2.24, 2.45) is 0 Å². The SMILES string of the molecule is O=C(COc1ccccc1Br)Nc1ccc(F)cc1F. The summed E-state index contributed by atoms with van der Waals surface area (Å²) in [6, 6.07) is 9.95. The zero-order valence-electron chi connectivity index (χ0n) is 10.2. The summed E-state index contributed by atoms with van der Waals surface area (Å²) < 4.78 is 32.0. The Morgan fingerprint density at radius 2 is 1.95 bits per heavy atom. The lowest BCUT2D eigenvalue weighted by Gasteiger charge is -2.09. The average molecular weight is 342 g/mol. The van der Waals surface area contributed by atoms with Crippen molar-refractivity contribution in [1.29, 1.82) is 0 Å². The first kappa shape index (κ1) is 14.5. The van der Waals surface area contributed by atoms with Crippen LogP contribution in [0.3, 0.4) is 0 Å². The number of ether oxygens (including phenoxy) is 1. The van der Waals surface area contributed by atoms with Crippen LogP contribution in [0.5, 0.6) is 5.75 Å². The fourth-order valence-electron chi connectivity index (χ4n) is 1.48. The molecule has 0 aliphatic carbocycles. The van der Waals surface area contributed by atoms with Gasteiger partial charge in [-0.05, 0) is 40.2 Å². The van der Waals surface area contributed by atoms with Crippen LogP contribution in [-0.2, 0) is 4.79 Å². The largest absolute Gasteiger partial charge is 0.483 e. The molecule has 1 amide bonds. The predicted molar refractivity (Wildman–Crippen MR) is 74.6 cm³/mol. The van der Waals surface area contributed by atoms with Gasteiger partial charge in [0.15, 0.2) is 6.61 Å². The van der Waals surface area contributed by atoms with Crippen LogP contribution < -0.4 is 10.1 Å². The second-order valence-corrected chi connectivity index (χ2v) is 4.75. The summed E-state index contributed by atoms with van der Waals surface area (Å²) >= 11 is 3.27. The Labute approximate surface area is 122 Å². The van der Waals surface area contributed by atoms with Crippen molar-refractivity contribution in [3.8, 4) is 5.75 Å². The van der Waals surface area contributed by atoms with Crippen LogP contribution in [-0.4, -0.2) is 12.5 Å². The van der Waals surface area contributed by atoms with E-state index < -0.39 is 17.5 Å². The van der Waals surface area contributed by atoms with Crippen molar-refractivity contribution >= 4 is 27.5 Å². The first-order valence-electron chi connectivity index (χ1n) is 5.68. The van der Waals surface area contributed by atoms with E-state index in [2.05, 4.69) is 21.2 Å². The molecule has 2 aromatic rings. The Morgan fingerprint density at radius 3 is 2.65 bits per heavy atom. The quantitative estimate of drug-likeness (QED) is 0.919. The van der Waals surface area contributed by atoms with Crippen molar-refractivity contribution in [1.82, 2.24) is 0 Å². The molecule has 0 atom stereocenters. The number of amides is 1. The third-order valence-corrected chi connectivity index (χ3v) is 3.06. The molecule has 0 fully saturated rings. The molecule has 1 N–H and O–H groups in total. The number of hydrogen-bond donors (Lipinski definition) is 1. The van der Waals surface area contributed by atoms with Crippen molar-refractivity contribution in [3.63, 3.8) is 0 Å². The van der Waals surface area contributed by atoms with E-state index in [1.807, 2.05) is 6.07 Å². The minimum Gasteiger partial charge on any atom is -0.483 e. The number of carbonyl (C=O) groups is 1. The maximum absolute atomic E-state index is 13.3. The van der Waals surface area contributed by atoms with Gasteiger partial charge in [0.2, 0.25) is 0 Å². The molecule has 0 saturated carbocycles. The van der Waals surface area contributed by atoms with Crippen molar-refractivity contribution in [2.45, 2.75) is 0 Å². The fourth-order valence-corrected chi connectivity index (χ4v) is 1.88. The number of benzene rings is 2. The van der Waals surface area contributed by atoms with Crippen LogP contribution in [0.2, 0.25) is 0 Å². The number of carbonyl (C=O) groups excluding carboxylic acids is 1. The van der Waals surface area contributed by atoms with Crippen molar-refractivity contribution < 1.29 is 18.3 Å². The van der Waals surface area contributed by atoms with Gasteiger partial charge < -0.3 is 10.1 Å². The highest BCUT2D eigenvalue weighted by molar-refractivity contribution is 9.10. The van der Waals surface area contributed by atoms with Crippen LogP contribution in [0.1, 0.15) is 0 Å². The zero-order valence-corrected chi connectivity index (χ0v) is 11.8. The molecule has 2 aromatic carbocycles. The molecule has 0 spiro atoms. The molecule has 6 heteroatoms. The monoisotopic (exact) mass is 341 g/mol. The van der Waals surface area contributed by atoms with Gasteiger partial charge in [-0.15, -0.1) is 0 Å². The molecule has 2 rings (SSSR count). The van der Waals surface area contributed by atoms with Gasteiger partial charge in [-0.2, -0.15) is 0 Å². The Balaban J connectivity index is 1.94. The molecule has 0 aromatic heterocycles. The minimum atomic E-state index is -0.834. The maximum Gasteiger partial charge on any atom is 0.262 e. The van der Waals surface area contributed by atoms with E-state index in [1.165, 1.54) is 0 Å². The third kappa shape index (κ3) is 3.77. The maximum atomic E-state index is 13.3. The molecule has 0 heterocycles. The average Bonchev–Trinajstić information content (AvgIpc) is 2.41. The summed E-state index contributed by atoms with van der Waals surface area (Å²) in [5, 5.41) is 2.31. The lowest BCUT2D eigenvalue weighted by molar-refractivity contribution is -0.118. The molecule has 0 unspecified atom stereocenters. The number of halogens is 3. The summed E-state index contributed by atoms with van der Waals surface area (Å²) in [4.78, 5) is 11.6. The molecule has 0 radical (unpaired) electrons. The number of anilines is 1. The zero-order chi connectivity index (χ0) is 14.5. The van der Waals surface area contributed by atoms with E-state index in [4.69, 9.17) is 4.74 Å². The number of hydrogen-bond acceptors (Lipinski definition) is 2. The van der Waals surface area contributed by atoms with E-state index in [0.29, 0.717) is 16.3 Å². The summed E-state index contributed by atoms with van der Waals surface area (Å²) in [5.41, 5.74) is -0.0906. The van der Waals surface area contributed by atoms with Gasteiger partial charge in [-0.1, -0.05) is 12.1 Å². The molecule has 0 aliphatic rings. The smallest absolute Gasteiger partial charge is 0.262 e. The third-order valence-electron chi connectivity index (χ3n) is 2.40. The topological polar surface area (TPSA) is 38.3 Å². The summed E-state index contributed by atoms with van der Waals surface area (Å²) in [7, 11) is 0. The highest BCUT2D eigenvalue weighted by Crippen LogP contribution is 2.23. The highest BCUT2D eigenvalue weighted by atomic mass is 79.9. The molecule has 0 aliphatic heterocycles. The van der Waals surface area contributed by atoms with Crippen LogP contribution >= 0.6 is 15.9 Å². The number of nitrogens with one attached hydrogen (secondary N) is 1. The lowest BCUT2D eigenvalue weighted by Crippen LogP contribution is -2.20.